The average Bonchev–Trinajstić information content (AvgIpc) is 2.47. The smallest absolute Gasteiger partial charge is 0.325 e. The van der Waals surface area contributed by atoms with E-state index in [4.69, 9.17) is 5.26 Å². The second-order valence-electron chi connectivity index (χ2n) is 4.52. The van der Waals surface area contributed by atoms with Crippen molar-refractivity contribution in [3.05, 3.63) is 71.0 Å². The number of nitrogens with zero attached hydrogens (tertiary/aromatic N) is 1. The van der Waals surface area contributed by atoms with Crippen molar-refractivity contribution in [3.63, 3.8) is 0 Å². The maximum atomic E-state index is 13.3. The van der Waals surface area contributed by atoms with Crippen molar-refractivity contribution in [1.29, 1.82) is 5.26 Å². The van der Waals surface area contributed by atoms with Crippen molar-refractivity contribution in [2.45, 2.75) is 12.6 Å². The molecule has 0 fully saturated rings. The molecule has 2 N–H and O–H groups in total. The Balaban J connectivity index is 2.15. The number of nitriles is 1. The number of nitrogens with one attached hydrogen (secondary N) is 1. The molecule has 5 heteroatoms. The van der Waals surface area contributed by atoms with Crippen LogP contribution in [0.25, 0.3) is 0 Å². The first-order valence-corrected chi connectivity index (χ1v) is 6.31. The van der Waals surface area contributed by atoms with Gasteiger partial charge in [0.2, 0.25) is 0 Å². The summed E-state index contributed by atoms with van der Waals surface area (Å²) >= 11 is 0. The van der Waals surface area contributed by atoms with Gasteiger partial charge in [-0.25, -0.2) is 4.39 Å². The van der Waals surface area contributed by atoms with Gasteiger partial charge in [-0.1, -0.05) is 30.3 Å². The molecule has 0 spiro atoms. The molecule has 1 unspecified atom stereocenters. The van der Waals surface area contributed by atoms with Crippen LogP contribution in [0.3, 0.4) is 0 Å². The third-order valence-corrected chi connectivity index (χ3v) is 2.98. The van der Waals surface area contributed by atoms with Crippen LogP contribution < -0.4 is 5.32 Å². The molecule has 0 bridgehead atoms. The highest BCUT2D eigenvalue weighted by Gasteiger charge is 2.18. The van der Waals surface area contributed by atoms with E-state index in [2.05, 4.69) is 5.32 Å². The highest BCUT2D eigenvalue weighted by Crippen LogP contribution is 2.15. The Morgan fingerprint density at radius 3 is 2.62 bits per heavy atom. The average molecular weight is 284 g/mol. The molecule has 0 radical (unpaired) electrons. The van der Waals surface area contributed by atoms with Gasteiger partial charge in [-0.2, -0.15) is 5.26 Å². The van der Waals surface area contributed by atoms with Crippen molar-refractivity contribution in [2.24, 2.45) is 0 Å². The zero-order valence-corrected chi connectivity index (χ0v) is 11.1. The Labute approximate surface area is 121 Å². The molecule has 0 amide bonds. The number of benzene rings is 2. The number of carboxylic acids is 1. The lowest BCUT2D eigenvalue weighted by Gasteiger charge is -2.15. The number of halogens is 1. The minimum absolute atomic E-state index is 0.151. The fraction of sp³-hybridized carbons (Fsp3) is 0.125. The highest BCUT2D eigenvalue weighted by atomic mass is 19.1. The minimum atomic E-state index is -1.02. The second kappa shape index (κ2) is 6.64. The van der Waals surface area contributed by atoms with E-state index in [1.165, 1.54) is 12.1 Å². The van der Waals surface area contributed by atoms with E-state index in [9.17, 15) is 14.3 Å². The van der Waals surface area contributed by atoms with Crippen LogP contribution in [-0.4, -0.2) is 11.1 Å². The van der Waals surface area contributed by atoms with E-state index >= 15 is 0 Å². The van der Waals surface area contributed by atoms with Crippen LogP contribution in [0.1, 0.15) is 22.7 Å². The third kappa shape index (κ3) is 3.88. The summed E-state index contributed by atoms with van der Waals surface area (Å²) in [4.78, 5) is 11.3. The van der Waals surface area contributed by atoms with Crippen LogP contribution in [-0.2, 0) is 11.3 Å². The Morgan fingerprint density at radius 2 is 2.00 bits per heavy atom. The predicted octanol–water partition coefficient (Wildman–Crippen LogP) is 2.61. The van der Waals surface area contributed by atoms with E-state index in [1.54, 1.807) is 30.3 Å². The summed E-state index contributed by atoms with van der Waals surface area (Å²) in [7, 11) is 0. The predicted molar refractivity (Wildman–Crippen MR) is 74.8 cm³/mol. The van der Waals surface area contributed by atoms with Crippen molar-refractivity contribution in [3.8, 4) is 6.07 Å². The summed E-state index contributed by atoms with van der Waals surface area (Å²) in [6, 6.07) is 13.6. The lowest BCUT2D eigenvalue weighted by atomic mass is 10.1. The van der Waals surface area contributed by atoms with Crippen molar-refractivity contribution in [1.82, 2.24) is 5.32 Å². The summed E-state index contributed by atoms with van der Waals surface area (Å²) < 4.78 is 13.3. The largest absolute Gasteiger partial charge is 0.480 e. The van der Waals surface area contributed by atoms with Crippen LogP contribution in [0.15, 0.2) is 48.5 Å². The zero-order valence-electron chi connectivity index (χ0n) is 11.1. The lowest BCUT2D eigenvalue weighted by molar-refractivity contribution is -0.139. The number of hydrogen-bond donors (Lipinski definition) is 2. The van der Waals surface area contributed by atoms with Gasteiger partial charge in [0.1, 0.15) is 11.9 Å². The van der Waals surface area contributed by atoms with E-state index < -0.39 is 17.8 Å². The Morgan fingerprint density at radius 1 is 1.29 bits per heavy atom. The van der Waals surface area contributed by atoms with Crippen LogP contribution in [0.5, 0.6) is 0 Å². The van der Waals surface area contributed by atoms with E-state index in [1.807, 2.05) is 6.07 Å². The first-order chi connectivity index (χ1) is 10.1. The summed E-state index contributed by atoms with van der Waals surface area (Å²) in [5, 5.41) is 20.9. The van der Waals surface area contributed by atoms with Gasteiger partial charge in [-0.15, -0.1) is 0 Å². The first kappa shape index (κ1) is 14.7. The van der Waals surface area contributed by atoms with Crippen LogP contribution in [0.4, 0.5) is 4.39 Å². The molecular weight excluding hydrogens is 271 g/mol. The molecule has 2 rings (SSSR count). The molecule has 0 aliphatic carbocycles. The van der Waals surface area contributed by atoms with Gasteiger partial charge in [-0.3, -0.25) is 10.1 Å². The summed E-state index contributed by atoms with van der Waals surface area (Å²) in [6.45, 7) is 0.151. The lowest BCUT2D eigenvalue weighted by Crippen LogP contribution is -2.28. The molecule has 0 aliphatic rings. The topological polar surface area (TPSA) is 73.1 Å². The van der Waals surface area contributed by atoms with Gasteiger partial charge >= 0.3 is 5.97 Å². The maximum absolute atomic E-state index is 13.3. The molecule has 0 saturated carbocycles. The number of carboxylic acid groups (broad SMARTS) is 1. The van der Waals surface area contributed by atoms with Gasteiger partial charge in [0.25, 0.3) is 0 Å². The van der Waals surface area contributed by atoms with Crippen molar-refractivity contribution >= 4 is 5.97 Å². The summed E-state index contributed by atoms with van der Waals surface area (Å²) in [5.74, 6) is -1.53. The van der Waals surface area contributed by atoms with E-state index in [0.29, 0.717) is 11.1 Å². The molecule has 0 aliphatic heterocycles. The molecule has 1 atom stereocenters. The summed E-state index contributed by atoms with van der Waals surface area (Å²) in [5.41, 5.74) is 1.34. The van der Waals surface area contributed by atoms with E-state index in [0.717, 1.165) is 6.07 Å². The standard InChI is InChI=1S/C16H13FN2O2/c17-14-7-11(9-18)6-12(8-14)10-19-15(16(20)21)13-4-2-1-3-5-13/h1-8,15,19H,10H2,(H,20,21). The number of aliphatic carboxylic acids is 1. The van der Waals surface area contributed by atoms with Crippen LogP contribution >= 0.6 is 0 Å². The molecule has 106 valence electrons. The first-order valence-electron chi connectivity index (χ1n) is 6.31. The monoisotopic (exact) mass is 284 g/mol. The normalized spacial score (nSPS) is 11.6. The molecule has 0 heterocycles. The van der Waals surface area contributed by atoms with Gasteiger partial charge in [0.05, 0.1) is 11.6 Å². The third-order valence-electron chi connectivity index (χ3n) is 2.98. The fourth-order valence-electron chi connectivity index (χ4n) is 2.03. The molecule has 0 saturated heterocycles. The van der Waals surface area contributed by atoms with E-state index in [-0.39, 0.29) is 12.1 Å². The second-order valence-corrected chi connectivity index (χ2v) is 4.52. The minimum Gasteiger partial charge on any atom is -0.480 e. The maximum Gasteiger partial charge on any atom is 0.325 e. The molecule has 21 heavy (non-hydrogen) atoms. The van der Waals surface area contributed by atoms with Gasteiger partial charge in [0, 0.05) is 6.54 Å². The molecule has 2 aromatic rings. The Bertz CT molecular complexity index is 680. The molecule has 4 nitrogen and oxygen atoms in total. The van der Waals surface area contributed by atoms with Gasteiger partial charge in [-0.05, 0) is 29.3 Å². The quantitative estimate of drug-likeness (QED) is 0.885. The highest BCUT2D eigenvalue weighted by molar-refractivity contribution is 5.75. The Hall–Kier alpha value is -2.71. The number of hydrogen-bond acceptors (Lipinski definition) is 3. The van der Waals surface area contributed by atoms with Crippen LogP contribution in [0.2, 0.25) is 0 Å². The summed E-state index contributed by atoms with van der Waals surface area (Å²) in [6.07, 6.45) is 0. The number of rotatable bonds is 5. The SMILES string of the molecule is N#Cc1cc(F)cc(CNC(C(=O)O)c2ccccc2)c1. The van der Waals surface area contributed by atoms with Crippen LogP contribution in [0, 0.1) is 17.1 Å². The van der Waals surface area contributed by atoms with Gasteiger partial charge in [0.15, 0.2) is 0 Å². The fourth-order valence-corrected chi connectivity index (χ4v) is 2.03. The number of carbonyl (C=O) groups is 1. The molecular formula is C16H13FN2O2. The zero-order chi connectivity index (χ0) is 15.2. The molecule has 0 aromatic heterocycles. The molecule has 2 aromatic carbocycles. The Kier molecular flexibility index (Phi) is 4.64. The van der Waals surface area contributed by atoms with Crippen molar-refractivity contribution < 1.29 is 14.3 Å². The van der Waals surface area contributed by atoms with Crippen molar-refractivity contribution in [2.75, 3.05) is 0 Å². The van der Waals surface area contributed by atoms with Gasteiger partial charge < -0.3 is 5.11 Å².